The maximum absolute atomic E-state index is 12.4. The van der Waals surface area contributed by atoms with Crippen molar-refractivity contribution in [1.29, 1.82) is 5.26 Å². The quantitative estimate of drug-likeness (QED) is 0.432. The molecule has 3 N–H and O–H groups in total. The molecule has 2 rings (SSSR count). The SMILES string of the molecule is C#CC(C#N)C(=O)N1CCCCC1COC(=O)NC(CC1=CCCC=C1)B(O)O. The van der Waals surface area contributed by atoms with Crippen molar-refractivity contribution >= 4 is 19.1 Å². The van der Waals surface area contributed by atoms with Crippen molar-refractivity contribution in [1.82, 2.24) is 10.2 Å². The number of rotatable bonds is 7. The first-order chi connectivity index (χ1) is 14.0. The van der Waals surface area contributed by atoms with Gasteiger partial charge in [0, 0.05) is 6.54 Å². The van der Waals surface area contributed by atoms with E-state index in [0.717, 1.165) is 31.3 Å². The fourth-order valence-corrected chi connectivity index (χ4v) is 3.46. The van der Waals surface area contributed by atoms with Crippen LogP contribution in [0.3, 0.4) is 0 Å². The van der Waals surface area contributed by atoms with Gasteiger partial charge >= 0.3 is 13.2 Å². The number of hydrogen-bond acceptors (Lipinski definition) is 6. The molecule has 0 aromatic rings. The van der Waals surface area contributed by atoms with E-state index in [2.05, 4.69) is 11.2 Å². The van der Waals surface area contributed by atoms with Crippen LogP contribution in [0.1, 0.15) is 38.5 Å². The average molecular weight is 399 g/mol. The molecule has 9 heteroatoms. The standard InChI is InChI=1S/C20H26BN3O5/c1-2-16(13-22)19(25)24-11-7-6-10-17(24)14-29-20(26)23-18(21(27)28)12-15-8-4-3-5-9-15/h1,4,8-9,16-18,27-28H,3,5-7,10-12,14H2,(H,23,26). The van der Waals surface area contributed by atoms with Crippen LogP contribution in [0.15, 0.2) is 23.8 Å². The van der Waals surface area contributed by atoms with Gasteiger partial charge in [0.15, 0.2) is 5.92 Å². The van der Waals surface area contributed by atoms with Crippen LogP contribution in [0.4, 0.5) is 4.79 Å². The molecular formula is C20H26BN3O5. The first-order valence-corrected chi connectivity index (χ1v) is 9.77. The summed E-state index contributed by atoms with van der Waals surface area (Å²) in [4.78, 5) is 26.1. The van der Waals surface area contributed by atoms with E-state index in [4.69, 9.17) is 16.4 Å². The summed E-state index contributed by atoms with van der Waals surface area (Å²) >= 11 is 0. The molecule has 2 amide bonds. The Kier molecular flexibility index (Phi) is 8.79. The van der Waals surface area contributed by atoms with Crippen LogP contribution >= 0.6 is 0 Å². The summed E-state index contributed by atoms with van der Waals surface area (Å²) in [5.74, 6) is -0.352. The molecule has 0 aromatic heterocycles. The maximum atomic E-state index is 12.4. The fourth-order valence-electron chi connectivity index (χ4n) is 3.46. The van der Waals surface area contributed by atoms with E-state index in [1.165, 1.54) is 4.90 Å². The third kappa shape index (κ3) is 6.67. The van der Waals surface area contributed by atoms with Gasteiger partial charge in [0.25, 0.3) is 5.91 Å². The minimum absolute atomic E-state index is 0.0584. The van der Waals surface area contributed by atoms with Crippen molar-refractivity contribution in [2.75, 3.05) is 13.2 Å². The zero-order valence-corrected chi connectivity index (χ0v) is 16.3. The number of hydrogen-bond donors (Lipinski definition) is 3. The molecule has 3 unspecified atom stereocenters. The Morgan fingerprint density at radius 3 is 2.83 bits per heavy atom. The van der Waals surface area contributed by atoms with Crippen LogP contribution in [-0.4, -0.2) is 59.2 Å². The monoisotopic (exact) mass is 399 g/mol. The number of piperidine rings is 1. The van der Waals surface area contributed by atoms with Gasteiger partial charge in [0.2, 0.25) is 0 Å². The van der Waals surface area contributed by atoms with Crippen LogP contribution in [-0.2, 0) is 9.53 Å². The van der Waals surface area contributed by atoms with Crippen LogP contribution in [0, 0.1) is 29.6 Å². The molecule has 1 aliphatic heterocycles. The molecule has 0 spiro atoms. The summed E-state index contributed by atoms with van der Waals surface area (Å²) in [7, 11) is -1.74. The van der Waals surface area contributed by atoms with E-state index in [1.807, 2.05) is 18.2 Å². The Morgan fingerprint density at radius 1 is 1.41 bits per heavy atom. The van der Waals surface area contributed by atoms with Crippen molar-refractivity contribution in [2.24, 2.45) is 5.92 Å². The number of nitriles is 1. The Labute approximate surface area is 171 Å². The van der Waals surface area contributed by atoms with Crippen LogP contribution in [0.5, 0.6) is 0 Å². The lowest BCUT2D eigenvalue weighted by molar-refractivity contribution is -0.137. The molecule has 29 heavy (non-hydrogen) atoms. The maximum Gasteiger partial charge on any atom is 0.475 e. The molecule has 2 aliphatic rings. The molecule has 0 aromatic carbocycles. The zero-order chi connectivity index (χ0) is 21.2. The van der Waals surface area contributed by atoms with Crippen LogP contribution in [0.2, 0.25) is 0 Å². The molecule has 8 nitrogen and oxygen atoms in total. The smallest absolute Gasteiger partial charge is 0.447 e. The molecule has 154 valence electrons. The number of carbonyl (C=O) groups is 2. The number of allylic oxidation sites excluding steroid dienone is 3. The first kappa shape index (κ1) is 22.5. The van der Waals surface area contributed by atoms with Gasteiger partial charge in [-0.3, -0.25) is 4.79 Å². The second kappa shape index (κ2) is 11.3. The van der Waals surface area contributed by atoms with E-state index in [-0.39, 0.29) is 19.1 Å². The van der Waals surface area contributed by atoms with E-state index in [1.54, 1.807) is 6.07 Å². The Bertz CT molecular complexity index is 723. The van der Waals surface area contributed by atoms with Crippen molar-refractivity contribution in [3.63, 3.8) is 0 Å². The molecule has 1 heterocycles. The zero-order valence-electron chi connectivity index (χ0n) is 16.3. The number of terminal acetylenes is 1. The van der Waals surface area contributed by atoms with Crippen molar-refractivity contribution in [3.8, 4) is 18.4 Å². The number of nitrogens with zero attached hydrogens (tertiary/aromatic N) is 2. The summed E-state index contributed by atoms with van der Waals surface area (Å²) in [6.07, 6.45) is 14.7. The highest BCUT2D eigenvalue weighted by Gasteiger charge is 2.32. The largest absolute Gasteiger partial charge is 0.475 e. The molecule has 1 aliphatic carbocycles. The Balaban J connectivity index is 1.90. The van der Waals surface area contributed by atoms with Gasteiger partial charge in [0.05, 0.1) is 18.1 Å². The average Bonchev–Trinajstić information content (AvgIpc) is 2.73. The number of likely N-dealkylation sites (tertiary alicyclic amines) is 1. The molecule has 0 bridgehead atoms. The Hall–Kier alpha value is -2.75. The van der Waals surface area contributed by atoms with Gasteiger partial charge in [-0.05, 0) is 38.5 Å². The third-order valence-corrected chi connectivity index (χ3v) is 5.05. The summed E-state index contributed by atoms with van der Waals surface area (Å²) < 4.78 is 5.24. The van der Waals surface area contributed by atoms with Crippen LogP contribution < -0.4 is 5.32 Å². The van der Waals surface area contributed by atoms with Crippen LogP contribution in [0.25, 0.3) is 0 Å². The lowest BCUT2D eigenvalue weighted by atomic mass is 9.75. The van der Waals surface area contributed by atoms with Gasteiger partial charge in [-0.1, -0.05) is 29.7 Å². The number of carbonyl (C=O) groups excluding carboxylic acids is 2. The van der Waals surface area contributed by atoms with Crippen molar-refractivity contribution in [3.05, 3.63) is 23.8 Å². The van der Waals surface area contributed by atoms with Gasteiger partial charge < -0.3 is 25.0 Å². The molecule has 1 fully saturated rings. The number of alkyl carbamates (subject to hydrolysis) is 1. The summed E-state index contributed by atoms with van der Waals surface area (Å²) in [6.45, 7) is 0.393. The highest BCUT2D eigenvalue weighted by molar-refractivity contribution is 6.43. The van der Waals surface area contributed by atoms with Crippen molar-refractivity contribution < 1.29 is 24.4 Å². The Morgan fingerprint density at radius 2 is 2.21 bits per heavy atom. The number of amides is 2. The van der Waals surface area contributed by atoms with E-state index in [9.17, 15) is 19.6 Å². The van der Waals surface area contributed by atoms with Gasteiger partial charge in [-0.15, -0.1) is 6.42 Å². The first-order valence-electron chi connectivity index (χ1n) is 9.77. The molecule has 1 saturated heterocycles. The molecule has 0 saturated carbocycles. The number of nitrogens with one attached hydrogen (secondary N) is 1. The second-order valence-corrected chi connectivity index (χ2v) is 7.14. The second-order valence-electron chi connectivity index (χ2n) is 7.14. The van der Waals surface area contributed by atoms with Crippen molar-refractivity contribution in [2.45, 2.75) is 50.5 Å². The van der Waals surface area contributed by atoms with E-state index in [0.29, 0.717) is 13.0 Å². The molecule has 0 radical (unpaired) electrons. The highest BCUT2D eigenvalue weighted by atomic mass is 16.5. The topological polar surface area (TPSA) is 123 Å². The molecule has 3 atom stereocenters. The fraction of sp³-hybridized carbons (Fsp3) is 0.550. The number of ether oxygens (including phenoxy) is 1. The van der Waals surface area contributed by atoms with Gasteiger partial charge in [-0.2, -0.15) is 5.26 Å². The lowest BCUT2D eigenvalue weighted by Crippen LogP contribution is -2.50. The summed E-state index contributed by atoms with van der Waals surface area (Å²) in [6, 6.07) is 1.43. The predicted molar refractivity (Wildman–Crippen MR) is 107 cm³/mol. The predicted octanol–water partition coefficient (Wildman–Crippen LogP) is 0.914. The highest BCUT2D eigenvalue weighted by Crippen LogP contribution is 2.20. The van der Waals surface area contributed by atoms with Gasteiger partial charge in [-0.25, -0.2) is 4.79 Å². The summed E-state index contributed by atoms with van der Waals surface area (Å²) in [5, 5.41) is 30.6. The minimum Gasteiger partial charge on any atom is -0.447 e. The van der Waals surface area contributed by atoms with E-state index < -0.39 is 31.0 Å². The third-order valence-electron chi connectivity index (χ3n) is 5.05. The minimum atomic E-state index is -1.74. The van der Waals surface area contributed by atoms with Gasteiger partial charge in [0.1, 0.15) is 6.61 Å². The summed E-state index contributed by atoms with van der Waals surface area (Å²) in [5.41, 5.74) is 0.913. The normalized spacial score (nSPS) is 20.5. The molecular weight excluding hydrogens is 373 g/mol. The lowest BCUT2D eigenvalue weighted by Gasteiger charge is -2.35. The van der Waals surface area contributed by atoms with E-state index >= 15 is 0 Å².